The van der Waals surface area contributed by atoms with Crippen LogP contribution in [0.5, 0.6) is 0 Å². The summed E-state index contributed by atoms with van der Waals surface area (Å²) in [6, 6.07) is 8.44. The van der Waals surface area contributed by atoms with Crippen molar-refractivity contribution in [3.8, 4) is 0 Å². The van der Waals surface area contributed by atoms with Crippen molar-refractivity contribution < 1.29 is 9.90 Å². The Morgan fingerprint density at radius 3 is 3.00 bits per heavy atom. The normalized spacial score (nSPS) is 10.4. The molecule has 0 spiro atoms. The topological polar surface area (TPSA) is 49.3 Å². The average Bonchev–Trinajstić information content (AvgIpc) is 2.29. The van der Waals surface area contributed by atoms with Gasteiger partial charge in [-0.2, -0.15) is 0 Å². The lowest BCUT2D eigenvalue weighted by Crippen LogP contribution is -2.15. The number of rotatable bonds is 8. The Kier molecular flexibility index (Phi) is 6.74. The Bertz CT molecular complexity index is 355. The maximum absolute atomic E-state index is 10.3. The molecule has 0 heterocycles. The van der Waals surface area contributed by atoms with Crippen LogP contribution in [0.1, 0.15) is 25.3 Å². The van der Waals surface area contributed by atoms with Gasteiger partial charge in [0, 0.05) is 17.9 Å². The first-order valence-corrected chi connectivity index (χ1v) is 6.85. The van der Waals surface area contributed by atoms with Crippen LogP contribution in [0.3, 0.4) is 0 Å². The number of hydrogen-bond donors (Lipinski definition) is 2. The molecule has 0 aromatic heterocycles. The van der Waals surface area contributed by atoms with Crippen molar-refractivity contribution in [2.24, 2.45) is 0 Å². The highest BCUT2D eigenvalue weighted by atomic mass is 32.2. The van der Waals surface area contributed by atoms with E-state index >= 15 is 0 Å². The number of carboxylic acids is 1. The van der Waals surface area contributed by atoms with Crippen LogP contribution in [0.4, 0.5) is 0 Å². The molecule has 0 radical (unpaired) electrons. The van der Waals surface area contributed by atoms with Crippen molar-refractivity contribution in [3.05, 3.63) is 29.8 Å². The molecule has 1 aromatic rings. The van der Waals surface area contributed by atoms with Crippen LogP contribution >= 0.6 is 11.8 Å². The molecule has 3 nitrogen and oxygen atoms in total. The van der Waals surface area contributed by atoms with Crippen molar-refractivity contribution in [2.75, 3.05) is 12.3 Å². The molecule has 94 valence electrons. The Morgan fingerprint density at radius 1 is 1.47 bits per heavy atom. The highest BCUT2D eigenvalue weighted by Gasteiger charge is 1.98. The van der Waals surface area contributed by atoms with E-state index < -0.39 is 5.97 Å². The molecule has 0 saturated carbocycles. The SMILES string of the molecule is CCSc1cccc(CNCCCC(=O)O)c1. The van der Waals surface area contributed by atoms with Crippen LogP contribution in [-0.2, 0) is 11.3 Å². The van der Waals surface area contributed by atoms with E-state index in [4.69, 9.17) is 5.11 Å². The fourth-order valence-corrected chi connectivity index (χ4v) is 2.25. The molecule has 0 unspecified atom stereocenters. The molecular formula is C13H19NO2S. The summed E-state index contributed by atoms with van der Waals surface area (Å²) in [5, 5.41) is 11.7. The molecule has 0 aliphatic rings. The highest BCUT2D eigenvalue weighted by molar-refractivity contribution is 7.99. The zero-order chi connectivity index (χ0) is 12.5. The first-order valence-electron chi connectivity index (χ1n) is 5.86. The van der Waals surface area contributed by atoms with E-state index in [1.807, 2.05) is 11.8 Å². The van der Waals surface area contributed by atoms with Gasteiger partial charge in [-0.25, -0.2) is 0 Å². The van der Waals surface area contributed by atoms with Gasteiger partial charge in [-0.1, -0.05) is 19.1 Å². The summed E-state index contributed by atoms with van der Waals surface area (Å²) in [4.78, 5) is 11.6. The number of hydrogen-bond acceptors (Lipinski definition) is 3. The van der Waals surface area contributed by atoms with Gasteiger partial charge >= 0.3 is 5.97 Å². The molecule has 1 aromatic carbocycles. The summed E-state index contributed by atoms with van der Waals surface area (Å²) in [6.07, 6.45) is 0.914. The smallest absolute Gasteiger partial charge is 0.303 e. The maximum Gasteiger partial charge on any atom is 0.303 e. The van der Waals surface area contributed by atoms with Crippen molar-refractivity contribution >= 4 is 17.7 Å². The molecule has 0 aliphatic carbocycles. The van der Waals surface area contributed by atoms with Crippen LogP contribution in [0.2, 0.25) is 0 Å². The summed E-state index contributed by atoms with van der Waals surface area (Å²) < 4.78 is 0. The Labute approximate surface area is 107 Å². The van der Waals surface area contributed by atoms with Gasteiger partial charge in [-0.3, -0.25) is 4.79 Å². The van der Waals surface area contributed by atoms with Crippen molar-refractivity contribution in [2.45, 2.75) is 31.2 Å². The van der Waals surface area contributed by atoms with E-state index in [-0.39, 0.29) is 6.42 Å². The molecule has 0 fully saturated rings. The minimum Gasteiger partial charge on any atom is -0.481 e. The van der Waals surface area contributed by atoms with Crippen molar-refractivity contribution in [1.29, 1.82) is 0 Å². The van der Waals surface area contributed by atoms with Crippen molar-refractivity contribution in [3.63, 3.8) is 0 Å². The first-order chi connectivity index (χ1) is 8.22. The average molecular weight is 253 g/mol. The third kappa shape index (κ3) is 6.34. The second kappa shape index (κ2) is 8.14. The lowest BCUT2D eigenvalue weighted by Gasteiger charge is -2.06. The number of benzene rings is 1. The van der Waals surface area contributed by atoms with Gasteiger partial charge in [0.1, 0.15) is 0 Å². The molecule has 0 aliphatic heterocycles. The summed E-state index contributed by atoms with van der Waals surface area (Å²) in [6.45, 7) is 3.69. The Morgan fingerprint density at radius 2 is 2.29 bits per heavy atom. The summed E-state index contributed by atoms with van der Waals surface area (Å²) in [7, 11) is 0. The van der Waals surface area contributed by atoms with Crippen LogP contribution < -0.4 is 5.32 Å². The van der Waals surface area contributed by atoms with Gasteiger partial charge in [-0.15, -0.1) is 11.8 Å². The molecule has 0 atom stereocenters. The number of carbonyl (C=O) groups is 1. The van der Waals surface area contributed by atoms with Gasteiger partial charge in [0.15, 0.2) is 0 Å². The third-order valence-electron chi connectivity index (χ3n) is 2.28. The molecule has 2 N–H and O–H groups in total. The zero-order valence-electron chi connectivity index (χ0n) is 10.1. The number of nitrogens with one attached hydrogen (secondary N) is 1. The fourth-order valence-electron chi connectivity index (χ4n) is 1.51. The van der Waals surface area contributed by atoms with Crippen LogP contribution in [0.25, 0.3) is 0 Å². The summed E-state index contributed by atoms with van der Waals surface area (Å²) in [5.74, 6) is 0.350. The van der Waals surface area contributed by atoms with Crippen molar-refractivity contribution in [1.82, 2.24) is 5.32 Å². The third-order valence-corrected chi connectivity index (χ3v) is 3.16. The van der Waals surface area contributed by atoms with Gasteiger partial charge in [0.2, 0.25) is 0 Å². The predicted octanol–water partition coefficient (Wildman–Crippen LogP) is 2.75. The maximum atomic E-state index is 10.3. The predicted molar refractivity (Wildman–Crippen MR) is 71.4 cm³/mol. The van der Waals surface area contributed by atoms with E-state index in [9.17, 15) is 4.79 Å². The van der Waals surface area contributed by atoms with Crippen LogP contribution in [0, 0.1) is 0 Å². The van der Waals surface area contributed by atoms with E-state index in [1.165, 1.54) is 10.5 Å². The highest BCUT2D eigenvalue weighted by Crippen LogP contribution is 2.18. The quantitative estimate of drug-likeness (QED) is 0.552. The van der Waals surface area contributed by atoms with E-state index in [2.05, 4.69) is 36.5 Å². The summed E-state index contributed by atoms with van der Waals surface area (Å²) >= 11 is 1.83. The molecule has 4 heteroatoms. The molecule has 17 heavy (non-hydrogen) atoms. The first kappa shape index (κ1) is 14.1. The monoisotopic (exact) mass is 253 g/mol. The number of thioether (sulfide) groups is 1. The van der Waals surface area contributed by atoms with E-state index in [1.54, 1.807) is 0 Å². The Hall–Kier alpha value is -1.00. The number of carboxylic acid groups (broad SMARTS) is 1. The van der Waals surface area contributed by atoms with Gasteiger partial charge in [0.05, 0.1) is 0 Å². The molecular weight excluding hydrogens is 234 g/mol. The molecule has 1 rings (SSSR count). The second-order valence-electron chi connectivity index (χ2n) is 3.75. The van der Waals surface area contributed by atoms with Gasteiger partial charge in [-0.05, 0) is 36.4 Å². The lowest BCUT2D eigenvalue weighted by atomic mass is 10.2. The molecule has 0 saturated heterocycles. The summed E-state index contributed by atoms with van der Waals surface area (Å²) in [5.41, 5.74) is 1.25. The Balaban J connectivity index is 2.26. The van der Waals surface area contributed by atoms with Gasteiger partial charge < -0.3 is 10.4 Å². The fraction of sp³-hybridized carbons (Fsp3) is 0.462. The number of aliphatic carboxylic acids is 1. The largest absolute Gasteiger partial charge is 0.481 e. The molecule has 0 amide bonds. The minimum atomic E-state index is -0.729. The second-order valence-corrected chi connectivity index (χ2v) is 5.09. The zero-order valence-corrected chi connectivity index (χ0v) is 10.9. The van der Waals surface area contributed by atoms with E-state index in [0.29, 0.717) is 6.42 Å². The lowest BCUT2D eigenvalue weighted by molar-refractivity contribution is -0.137. The van der Waals surface area contributed by atoms with E-state index in [0.717, 1.165) is 18.8 Å². The van der Waals surface area contributed by atoms with Crippen LogP contribution in [0.15, 0.2) is 29.2 Å². The standard InChI is InChI=1S/C13H19NO2S/c1-2-17-12-6-3-5-11(9-12)10-14-8-4-7-13(15)16/h3,5-6,9,14H,2,4,7-8,10H2,1H3,(H,15,16). The minimum absolute atomic E-state index is 0.235. The van der Waals surface area contributed by atoms with Crippen LogP contribution in [-0.4, -0.2) is 23.4 Å². The van der Waals surface area contributed by atoms with Gasteiger partial charge in [0.25, 0.3) is 0 Å². The molecule has 0 bridgehead atoms.